The van der Waals surface area contributed by atoms with Crippen molar-refractivity contribution in [2.24, 2.45) is 17.4 Å². The molecule has 7 amide bonds. The van der Waals surface area contributed by atoms with Crippen LogP contribution in [0.3, 0.4) is 0 Å². The Labute approximate surface area is 349 Å². The number of H-pyrrole nitrogens is 1. The molecule has 0 fully saturated rings. The number of primary amides is 1. The van der Waals surface area contributed by atoms with Crippen LogP contribution in [0.4, 0.5) is 0 Å². The maximum absolute atomic E-state index is 13.9. The number of nitrogens with one attached hydrogen (secondary N) is 7. The van der Waals surface area contributed by atoms with Crippen LogP contribution in [0.5, 0.6) is 0 Å². The highest BCUT2D eigenvalue weighted by molar-refractivity contribution is 5.97. The van der Waals surface area contributed by atoms with E-state index in [1.807, 2.05) is 38.1 Å². The molecule has 0 aliphatic carbocycles. The second-order valence-corrected chi connectivity index (χ2v) is 15.2. The molecule has 18 nitrogen and oxygen atoms in total. The van der Waals surface area contributed by atoms with Gasteiger partial charge in [-0.15, -0.1) is 0 Å². The number of carbonyl (C=O) groups is 8. The molecule has 0 radical (unpaired) electrons. The average Bonchev–Trinajstić information content (AvgIpc) is 3.60. The van der Waals surface area contributed by atoms with E-state index in [1.54, 1.807) is 36.5 Å². The van der Waals surface area contributed by atoms with Gasteiger partial charge in [0.05, 0.1) is 0 Å². The molecule has 0 spiro atoms. The summed E-state index contributed by atoms with van der Waals surface area (Å²) < 4.78 is 0. The van der Waals surface area contributed by atoms with Crippen molar-refractivity contribution in [2.75, 3.05) is 6.54 Å². The van der Waals surface area contributed by atoms with Gasteiger partial charge in [0.1, 0.15) is 36.3 Å². The molecule has 0 saturated heterocycles. The quantitative estimate of drug-likeness (QED) is 0.0525. The smallest absolute Gasteiger partial charge is 0.326 e. The van der Waals surface area contributed by atoms with Crippen molar-refractivity contribution in [3.05, 3.63) is 71.9 Å². The topological polar surface area (TPSA) is 297 Å². The molecule has 0 unspecified atom stereocenters. The van der Waals surface area contributed by atoms with Gasteiger partial charge in [0.2, 0.25) is 41.4 Å². The fourth-order valence-electron chi connectivity index (χ4n) is 6.54. The van der Waals surface area contributed by atoms with Crippen molar-refractivity contribution in [3.63, 3.8) is 0 Å². The summed E-state index contributed by atoms with van der Waals surface area (Å²) in [5.41, 5.74) is 13.3. The summed E-state index contributed by atoms with van der Waals surface area (Å²) in [7, 11) is 0. The summed E-state index contributed by atoms with van der Waals surface area (Å²) in [5, 5.41) is 26.3. The first-order valence-electron chi connectivity index (χ1n) is 20.1. The Hall–Kier alpha value is -6.30. The van der Waals surface area contributed by atoms with E-state index in [4.69, 9.17) is 11.5 Å². The summed E-state index contributed by atoms with van der Waals surface area (Å²) in [6, 6.07) is 8.94. The monoisotopic (exact) mass is 833 g/mol. The minimum atomic E-state index is -1.40. The van der Waals surface area contributed by atoms with Crippen molar-refractivity contribution in [1.82, 2.24) is 36.9 Å². The normalized spacial score (nSPS) is 14.1. The number of hydrogen-bond donors (Lipinski definition) is 10. The number of fused-ring (bicyclic) bond motifs is 1. The molecule has 326 valence electrons. The Morgan fingerprint density at radius 2 is 1.22 bits per heavy atom. The Balaban J connectivity index is 1.76. The second-order valence-electron chi connectivity index (χ2n) is 15.2. The fourth-order valence-corrected chi connectivity index (χ4v) is 6.54. The van der Waals surface area contributed by atoms with Crippen LogP contribution < -0.4 is 43.4 Å². The predicted octanol–water partition coefficient (Wildman–Crippen LogP) is 0.427. The number of benzene rings is 2. The maximum Gasteiger partial charge on any atom is 0.326 e. The van der Waals surface area contributed by atoms with Crippen molar-refractivity contribution in [3.8, 4) is 0 Å². The third-order valence-electron chi connectivity index (χ3n) is 9.67. The van der Waals surface area contributed by atoms with Crippen LogP contribution in [0.25, 0.3) is 10.9 Å². The molecular formula is C42H59N9O9. The lowest BCUT2D eigenvalue weighted by Gasteiger charge is -2.27. The molecule has 12 N–H and O–H groups in total. The first-order valence-corrected chi connectivity index (χ1v) is 20.1. The van der Waals surface area contributed by atoms with Crippen molar-refractivity contribution < 1.29 is 43.5 Å². The Morgan fingerprint density at radius 3 is 1.83 bits per heavy atom. The van der Waals surface area contributed by atoms with Crippen LogP contribution in [0.15, 0.2) is 60.8 Å². The largest absolute Gasteiger partial charge is 0.480 e. The van der Waals surface area contributed by atoms with Gasteiger partial charge in [0.15, 0.2) is 0 Å². The number of carboxylic acid groups (broad SMARTS) is 1. The molecule has 3 aromatic rings. The number of nitrogens with two attached hydrogens (primary N) is 2. The summed E-state index contributed by atoms with van der Waals surface area (Å²) >= 11 is 0. The van der Waals surface area contributed by atoms with E-state index < -0.39 is 83.6 Å². The van der Waals surface area contributed by atoms with Gasteiger partial charge in [-0.1, -0.05) is 62.4 Å². The number of aromatic nitrogens is 1. The van der Waals surface area contributed by atoms with E-state index in [1.165, 1.54) is 13.8 Å². The first kappa shape index (κ1) is 48.1. The highest BCUT2D eigenvalue weighted by Gasteiger charge is 2.33. The van der Waals surface area contributed by atoms with Crippen LogP contribution in [-0.4, -0.2) is 100 Å². The highest BCUT2D eigenvalue weighted by Crippen LogP contribution is 2.19. The molecule has 3 rings (SSSR count). The van der Waals surface area contributed by atoms with Crippen LogP contribution in [0.1, 0.15) is 77.3 Å². The first-order chi connectivity index (χ1) is 28.5. The van der Waals surface area contributed by atoms with Crippen LogP contribution >= 0.6 is 0 Å². The van der Waals surface area contributed by atoms with Gasteiger partial charge in [-0.05, 0) is 68.7 Å². The predicted molar refractivity (Wildman–Crippen MR) is 224 cm³/mol. The summed E-state index contributed by atoms with van der Waals surface area (Å²) in [4.78, 5) is 107. The van der Waals surface area contributed by atoms with Crippen molar-refractivity contribution >= 4 is 58.2 Å². The number of carboxylic acids is 1. The van der Waals surface area contributed by atoms with Gasteiger partial charge in [-0.2, -0.15) is 0 Å². The molecule has 1 heterocycles. The van der Waals surface area contributed by atoms with E-state index in [0.717, 1.165) is 16.5 Å². The molecule has 2 aromatic carbocycles. The van der Waals surface area contributed by atoms with Crippen molar-refractivity contribution in [2.45, 2.75) is 115 Å². The number of unbranched alkanes of at least 4 members (excludes halogenated alkanes) is 1. The molecule has 6 atom stereocenters. The van der Waals surface area contributed by atoms with E-state index >= 15 is 0 Å². The van der Waals surface area contributed by atoms with Crippen LogP contribution in [0.2, 0.25) is 0 Å². The maximum atomic E-state index is 13.9. The third kappa shape index (κ3) is 15.8. The van der Waals surface area contributed by atoms with Gasteiger partial charge < -0.3 is 53.5 Å². The minimum Gasteiger partial charge on any atom is -0.480 e. The number of hydrogen-bond acceptors (Lipinski definition) is 9. The van der Waals surface area contributed by atoms with Gasteiger partial charge in [0.25, 0.3) is 0 Å². The van der Waals surface area contributed by atoms with E-state index in [-0.39, 0.29) is 44.4 Å². The Bertz CT molecular complexity index is 1950. The highest BCUT2D eigenvalue weighted by atomic mass is 16.4. The summed E-state index contributed by atoms with van der Waals surface area (Å²) in [6.45, 7) is 6.61. The van der Waals surface area contributed by atoms with Crippen molar-refractivity contribution in [1.29, 1.82) is 0 Å². The van der Waals surface area contributed by atoms with Gasteiger partial charge in [-0.3, -0.25) is 33.6 Å². The van der Waals surface area contributed by atoms with Crippen LogP contribution in [-0.2, 0) is 51.2 Å². The van der Waals surface area contributed by atoms with E-state index in [9.17, 15) is 43.5 Å². The Morgan fingerprint density at radius 1 is 0.650 bits per heavy atom. The molecule has 0 saturated carbocycles. The molecule has 60 heavy (non-hydrogen) atoms. The molecular weight excluding hydrogens is 775 g/mol. The lowest BCUT2D eigenvalue weighted by atomic mass is 10.00. The van der Waals surface area contributed by atoms with Crippen LogP contribution in [0, 0.1) is 5.92 Å². The zero-order valence-corrected chi connectivity index (χ0v) is 34.5. The number of para-hydroxylation sites is 1. The Kier molecular flexibility index (Phi) is 19.2. The second kappa shape index (κ2) is 23.9. The number of carbonyl (C=O) groups excluding carboxylic acids is 7. The van der Waals surface area contributed by atoms with E-state index in [0.29, 0.717) is 24.9 Å². The molecule has 0 aliphatic heterocycles. The average molecular weight is 834 g/mol. The minimum absolute atomic E-state index is 0.0500. The van der Waals surface area contributed by atoms with Gasteiger partial charge in [-0.25, -0.2) is 4.79 Å². The standard InChI is InChI=1S/C42H59N9O9/c1-24(2)20-33(50-41(58)34(47-26(4)52)21-27-12-6-5-7-13-27)40(57)48-31(16-10-11-19-43)39(56)49-32(17-18-36(44)53)38(55)46-25(3)37(54)51-35(42(59)60)22-28-23-45-30-15-9-8-14-29(28)30/h5-9,12-15,23-25,31-35,45H,10-11,16-22,43H2,1-4H3,(H2,44,53)(H,46,55)(H,47,52)(H,48,57)(H,49,56)(H,50,58)(H,51,54)(H,59,60)/t25-,31-,32-,33-,34-,35-/m0/s1. The number of aliphatic carboxylic acids is 1. The number of aromatic amines is 1. The molecule has 0 bridgehead atoms. The molecule has 0 aliphatic rings. The third-order valence-corrected chi connectivity index (χ3v) is 9.67. The summed E-state index contributed by atoms with van der Waals surface area (Å²) in [6.07, 6.45) is 2.36. The van der Waals surface area contributed by atoms with Gasteiger partial charge >= 0.3 is 5.97 Å². The summed E-state index contributed by atoms with van der Waals surface area (Å²) in [5.74, 6) is -6.34. The zero-order chi connectivity index (χ0) is 44.4. The molecule has 1 aromatic heterocycles. The lowest BCUT2D eigenvalue weighted by Crippen LogP contribution is -2.59. The fraction of sp³-hybridized carbons (Fsp3) is 0.476. The number of amides is 7. The number of rotatable bonds is 25. The SMILES string of the molecule is CC(=O)N[C@@H](Cc1ccccc1)C(=O)N[C@@H](CC(C)C)C(=O)N[C@@H](CCCCN)C(=O)N[C@@H](CCC(N)=O)C(=O)N[C@@H](C)C(=O)N[C@@H](Cc1c[nH]c2ccccc12)C(=O)O. The lowest BCUT2D eigenvalue weighted by molar-refractivity contribution is -0.142. The molecule has 18 heteroatoms. The zero-order valence-electron chi connectivity index (χ0n) is 34.5. The van der Waals surface area contributed by atoms with Gasteiger partial charge in [0, 0.05) is 43.3 Å². The van der Waals surface area contributed by atoms with E-state index in [2.05, 4.69) is 36.9 Å².